The van der Waals surface area contributed by atoms with Crippen molar-refractivity contribution in [2.24, 2.45) is 4.99 Å². The van der Waals surface area contributed by atoms with Crippen LogP contribution < -0.4 is 19.6 Å². The Morgan fingerprint density at radius 2 is 1.78 bits per heavy atom. The molecule has 2 heterocycles. The van der Waals surface area contributed by atoms with Crippen molar-refractivity contribution in [1.29, 1.82) is 0 Å². The average Bonchev–Trinajstić information content (AvgIpc) is 3.34. The molecule has 0 saturated carbocycles. The lowest BCUT2D eigenvalue weighted by Crippen LogP contribution is -2.39. The number of ether oxygens (including phenoxy) is 2. The van der Waals surface area contributed by atoms with Gasteiger partial charge in [0.05, 0.1) is 28.5 Å². The first-order valence-electron chi connectivity index (χ1n) is 15.0. The lowest BCUT2D eigenvalue weighted by Gasteiger charge is -2.24. The van der Waals surface area contributed by atoms with E-state index in [0.717, 1.165) is 33.6 Å². The van der Waals surface area contributed by atoms with Crippen molar-refractivity contribution in [3.8, 4) is 5.75 Å². The van der Waals surface area contributed by atoms with Gasteiger partial charge in [0.25, 0.3) is 5.56 Å². The molecule has 7 heteroatoms. The third-order valence-corrected chi connectivity index (χ3v) is 8.90. The fraction of sp³-hybridized carbons (Fsp3) is 0.184. The Morgan fingerprint density at radius 1 is 1.00 bits per heavy atom. The van der Waals surface area contributed by atoms with E-state index in [1.54, 1.807) is 18.4 Å². The second-order valence-electron chi connectivity index (χ2n) is 11.0. The molecule has 1 atom stereocenters. The highest BCUT2D eigenvalue weighted by atomic mass is 32.1. The van der Waals surface area contributed by atoms with Crippen LogP contribution in [-0.2, 0) is 22.6 Å². The van der Waals surface area contributed by atoms with Crippen LogP contribution in [-0.4, -0.2) is 17.1 Å². The average molecular weight is 615 g/mol. The summed E-state index contributed by atoms with van der Waals surface area (Å²) in [7, 11) is 0. The SMILES string of the molecule is C=CCc1cc(/C=c2/sc3n(c2=O)[C@@H](c2ccc(C)cc2)C(C(=O)OCC)=C(C)N=3)ccc1OCc1cccc2ccccc12. The largest absolute Gasteiger partial charge is 0.489 e. The standard InChI is InChI=1S/C38H34N2O4S/c1-5-10-29-21-26(17-20-32(29)44-23-30-13-9-12-27-11-7-8-14-31(27)30)22-33-36(41)40-35(28-18-15-24(3)16-19-28)34(37(42)43-6-2)25(4)39-38(40)45-33/h5,7-9,11-22,35H,1,6,10,23H2,2-4H3/b33-22+/t35-/m0/s1. The van der Waals surface area contributed by atoms with Gasteiger partial charge in [-0.1, -0.05) is 95.8 Å². The number of hydrogen-bond donors (Lipinski definition) is 0. The minimum atomic E-state index is -0.635. The summed E-state index contributed by atoms with van der Waals surface area (Å²) in [6.07, 6.45) is 4.34. The molecular formula is C38H34N2O4S. The lowest BCUT2D eigenvalue weighted by atomic mass is 9.95. The fourth-order valence-electron chi connectivity index (χ4n) is 5.73. The number of nitrogens with zero attached hydrogens (tertiary/aromatic N) is 2. The lowest BCUT2D eigenvalue weighted by molar-refractivity contribution is -0.139. The van der Waals surface area contributed by atoms with E-state index in [1.807, 2.05) is 79.7 Å². The number of rotatable bonds is 9. The molecule has 0 aliphatic carbocycles. The number of carbonyl (C=O) groups is 1. The number of hydrogen-bond acceptors (Lipinski definition) is 6. The van der Waals surface area contributed by atoms with Gasteiger partial charge in [0.1, 0.15) is 12.4 Å². The predicted octanol–water partition coefficient (Wildman–Crippen LogP) is 6.57. The number of allylic oxidation sites excluding steroid dienone is 2. The summed E-state index contributed by atoms with van der Waals surface area (Å²) in [4.78, 5) is 32.4. The maximum atomic E-state index is 14.0. The summed E-state index contributed by atoms with van der Waals surface area (Å²) in [6.45, 7) is 10.2. The second kappa shape index (κ2) is 12.9. The van der Waals surface area contributed by atoms with Crippen LogP contribution in [0, 0.1) is 6.92 Å². The van der Waals surface area contributed by atoms with E-state index in [1.165, 1.54) is 22.1 Å². The van der Waals surface area contributed by atoms with Gasteiger partial charge < -0.3 is 9.47 Å². The maximum absolute atomic E-state index is 14.0. The molecule has 5 aromatic rings. The van der Waals surface area contributed by atoms with Crippen molar-refractivity contribution in [3.63, 3.8) is 0 Å². The Morgan fingerprint density at radius 3 is 2.56 bits per heavy atom. The van der Waals surface area contributed by atoms with Crippen LogP contribution in [0.3, 0.4) is 0 Å². The summed E-state index contributed by atoms with van der Waals surface area (Å²) >= 11 is 1.31. The second-order valence-corrected chi connectivity index (χ2v) is 12.0. The summed E-state index contributed by atoms with van der Waals surface area (Å²) in [6, 6.07) is 27.7. The Bertz CT molecular complexity index is 2130. The molecule has 6 nitrogen and oxygen atoms in total. The van der Waals surface area contributed by atoms with Gasteiger partial charge in [0, 0.05) is 0 Å². The highest BCUT2D eigenvalue weighted by molar-refractivity contribution is 7.07. The van der Waals surface area contributed by atoms with Gasteiger partial charge in [-0.3, -0.25) is 9.36 Å². The Balaban J connectivity index is 1.38. The molecule has 0 saturated heterocycles. The van der Waals surface area contributed by atoms with Gasteiger partial charge in [-0.15, -0.1) is 6.58 Å². The maximum Gasteiger partial charge on any atom is 0.338 e. The summed E-state index contributed by atoms with van der Waals surface area (Å²) < 4.78 is 13.9. The number of benzene rings is 4. The van der Waals surface area contributed by atoms with Gasteiger partial charge in [-0.25, -0.2) is 9.79 Å². The fourth-order valence-corrected chi connectivity index (χ4v) is 6.77. The van der Waals surface area contributed by atoms with E-state index in [2.05, 4.69) is 35.8 Å². The van der Waals surface area contributed by atoms with Crippen molar-refractivity contribution in [2.75, 3.05) is 6.61 Å². The Hall–Kier alpha value is -5.01. The van der Waals surface area contributed by atoms with Crippen molar-refractivity contribution in [3.05, 3.63) is 156 Å². The molecule has 1 aliphatic heterocycles. The number of esters is 1. The van der Waals surface area contributed by atoms with E-state index < -0.39 is 12.0 Å². The molecule has 0 radical (unpaired) electrons. The number of carbonyl (C=O) groups excluding carboxylic acids is 1. The molecule has 226 valence electrons. The summed E-state index contributed by atoms with van der Waals surface area (Å²) in [5, 5.41) is 2.35. The van der Waals surface area contributed by atoms with E-state index in [-0.39, 0.29) is 12.2 Å². The number of aromatic nitrogens is 1. The van der Waals surface area contributed by atoms with E-state index >= 15 is 0 Å². The van der Waals surface area contributed by atoms with Gasteiger partial charge in [-0.05, 0) is 78.4 Å². The third-order valence-electron chi connectivity index (χ3n) is 7.92. The monoisotopic (exact) mass is 614 g/mol. The molecule has 0 fully saturated rings. The number of fused-ring (bicyclic) bond motifs is 2. The first-order chi connectivity index (χ1) is 21.9. The molecule has 4 aromatic carbocycles. The van der Waals surface area contributed by atoms with Crippen LogP contribution >= 0.6 is 11.3 Å². The minimum absolute atomic E-state index is 0.208. The molecule has 0 unspecified atom stereocenters. The number of aryl methyl sites for hydroxylation is 1. The van der Waals surface area contributed by atoms with E-state index in [9.17, 15) is 9.59 Å². The van der Waals surface area contributed by atoms with Crippen LogP contribution in [0.4, 0.5) is 0 Å². The van der Waals surface area contributed by atoms with Crippen LogP contribution in [0.1, 0.15) is 47.7 Å². The zero-order valence-corrected chi connectivity index (χ0v) is 26.4. The zero-order valence-electron chi connectivity index (χ0n) is 25.6. The third kappa shape index (κ3) is 6.04. The van der Waals surface area contributed by atoms with Crippen LogP contribution in [0.25, 0.3) is 16.8 Å². The minimum Gasteiger partial charge on any atom is -0.489 e. The molecule has 0 spiro atoms. The smallest absolute Gasteiger partial charge is 0.338 e. The van der Waals surface area contributed by atoms with Gasteiger partial charge in [0.15, 0.2) is 4.80 Å². The predicted molar refractivity (Wildman–Crippen MR) is 180 cm³/mol. The van der Waals surface area contributed by atoms with E-state index in [0.29, 0.717) is 33.6 Å². The molecular weight excluding hydrogens is 580 g/mol. The summed E-state index contributed by atoms with van der Waals surface area (Å²) in [5.74, 6) is 0.308. The molecule has 6 rings (SSSR count). The van der Waals surface area contributed by atoms with Crippen molar-refractivity contribution in [1.82, 2.24) is 4.57 Å². The van der Waals surface area contributed by atoms with Crippen molar-refractivity contribution in [2.45, 2.75) is 39.8 Å². The first-order valence-corrected chi connectivity index (χ1v) is 15.8. The molecule has 1 aliphatic rings. The quantitative estimate of drug-likeness (QED) is 0.139. The summed E-state index contributed by atoms with van der Waals surface area (Å²) in [5.41, 5.74) is 5.58. The van der Waals surface area contributed by atoms with Crippen molar-refractivity contribution < 1.29 is 14.3 Å². The van der Waals surface area contributed by atoms with E-state index in [4.69, 9.17) is 9.47 Å². The normalized spacial score (nSPS) is 14.6. The number of thiazole rings is 1. The molecule has 45 heavy (non-hydrogen) atoms. The molecule has 0 bridgehead atoms. The van der Waals surface area contributed by atoms with Gasteiger partial charge in [-0.2, -0.15) is 0 Å². The topological polar surface area (TPSA) is 69.9 Å². The molecule has 1 aromatic heterocycles. The highest BCUT2D eigenvalue weighted by Crippen LogP contribution is 2.31. The highest BCUT2D eigenvalue weighted by Gasteiger charge is 2.33. The Labute approximate surface area is 265 Å². The first kappa shape index (κ1) is 30.0. The van der Waals surface area contributed by atoms with Gasteiger partial charge >= 0.3 is 5.97 Å². The van der Waals surface area contributed by atoms with Gasteiger partial charge in [0.2, 0.25) is 0 Å². The molecule has 0 amide bonds. The van der Waals surface area contributed by atoms with Crippen LogP contribution in [0.5, 0.6) is 5.75 Å². The Kier molecular flexibility index (Phi) is 8.62. The van der Waals surface area contributed by atoms with Crippen LogP contribution in [0.2, 0.25) is 0 Å². The molecule has 0 N–H and O–H groups in total. The zero-order chi connectivity index (χ0) is 31.5. The van der Waals surface area contributed by atoms with Crippen molar-refractivity contribution >= 4 is 34.2 Å². The van der Waals surface area contributed by atoms with Crippen LogP contribution in [0.15, 0.2) is 119 Å².